The standard InChI is InChI=1S/C13H19N3O3S/c1-9-3-4-12(10(2)7-9)20(17,18)16-5-6-19-11(8-16)13(14)15/h3-4,7,11H,5-6,8H2,1-2H3,(H3,14,15). The van der Waals surface area contributed by atoms with E-state index in [9.17, 15) is 8.42 Å². The zero-order valence-electron chi connectivity index (χ0n) is 11.6. The molecule has 0 saturated carbocycles. The van der Waals surface area contributed by atoms with Crippen molar-refractivity contribution >= 4 is 15.9 Å². The highest BCUT2D eigenvalue weighted by atomic mass is 32.2. The summed E-state index contributed by atoms with van der Waals surface area (Å²) in [7, 11) is -3.57. The van der Waals surface area contributed by atoms with Gasteiger partial charge in [0.25, 0.3) is 0 Å². The van der Waals surface area contributed by atoms with Crippen LogP contribution in [0, 0.1) is 19.3 Å². The minimum Gasteiger partial charge on any atom is -0.385 e. The summed E-state index contributed by atoms with van der Waals surface area (Å²) in [5.74, 6) is -0.148. The Balaban J connectivity index is 2.32. The van der Waals surface area contributed by atoms with Gasteiger partial charge in [0.15, 0.2) is 0 Å². The number of morpholine rings is 1. The van der Waals surface area contributed by atoms with Crippen LogP contribution in [-0.2, 0) is 14.8 Å². The molecule has 0 aromatic heterocycles. The van der Waals surface area contributed by atoms with Crippen LogP contribution in [-0.4, -0.2) is 44.4 Å². The fourth-order valence-electron chi connectivity index (χ4n) is 2.26. The second-order valence-corrected chi connectivity index (χ2v) is 6.85. The van der Waals surface area contributed by atoms with E-state index in [0.717, 1.165) is 11.1 Å². The largest absolute Gasteiger partial charge is 0.385 e. The minimum atomic E-state index is -3.57. The lowest BCUT2D eigenvalue weighted by Crippen LogP contribution is -2.50. The number of nitrogens with zero attached hydrogens (tertiary/aromatic N) is 1. The topological polar surface area (TPSA) is 96.5 Å². The molecule has 0 aliphatic carbocycles. The molecule has 1 aromatic carbocycles. The van der Waals surface area contributed by atoms with E-state index in [0.29, 0.717) is 4.90 Å². The third-order valence-electron chi connectivity index (χ3n) is 3.32. The van der Waals surface area contributed by atoms with Crippen LogP contribution in [0.3, 0.4) is 0 Å². The number of nitrogens with two attached hydrogens (primary N) is 1. The molecule has 2 rings (SSSR count). The summed E-state index contributed by atoms with van der Waals surface area (Å²) in [6.45, 7) is 4.31. The zero-order chi connectivity index (χ0) is 14.9. The molecule has 1 fully saturated rings. The lowest BCUT2D eigenvalue weighted by atomic mass is 10.2. The van der Waals surface area contributed by atoms with Gasteiger partial charge < -0.3 is 10.5 Å². The molecular weight excluding hydrogens is 278 g/mol. The summed E-state index contributed by atoms with van der Waals surface area (Å²) in [5.41, 5.74) is 7.13. The Hall–Kier alpha value is -1.44. The molecule has 0 bridgehead atoms. The van der Waals surface area contributed by atoms with Crippen molar-refractivity contribution in [2.75, 3.05) is 19.7 Å². The number of nitrogens with one attached hydrogen (secondary N) is 1. The maximum Gasteiger partial charge on any atom is 0.243 e. The third-order valence-corrected chi connectivity index (χ3v) is 5.35. The summed E-state index contributed by atoms with van der Waals surface area (Å²) in [5, 5.41) is 7.39. The molecule has 1 aliphatic rings. The van der Waals surface area contributed by atoms with Crippen molar-refractivity contribution in [3.63, 3.8) is 0 Å². The van der Waals surface area contributed by atoms with E-state index < -0.39 is 16.1 Å². The monoisotopic (exact) mass is 297 g/mol. The smallest absolute Gasteiger partial charge is 0.243 e. The van der Waals surface area contributed by atoms with Crippen molar-refractivity contribution < 1.29 is 13.2 Å². The predicted molar refractivity (Wildman–Crippen MR) is 76.3 cm³/mol. The molecule has 1 aliphatic heterocycles. The van der Waals surface area contributed by atoms with E-state index in [2.05, 4.69) is 0 Å². The maximum absolute atomic E-state index is 12.6. The number of ether oxygens (including phenoxy) is 1. The zero-order valence-corrected chi connectivity index (χ0v) is 12.4. The van der Waals surface area contributed by atoms with Crippen LogP contribution in [0.4, 0.5) is 0 Å². The minimum absolute atomic E-state index is 0.0883. The number of aryl methyl sites for hydroxylation is 2. The van der Waals surface area contributed by atoms with E-state index in [-0.39, 0.29) is 25.5 Å². The van der Waals surface area contributed by atoms with E-state index >= 15 is 0 Å². The summed E-state index contributed by atoms with van der Waals surface area (Å²) in [6.07, 6.45) is -0.663. The van der Waals surface area contributed by atoms with Gasteiger partial charge in [-0.2, -0.15) is 4.31 Å². The molecule has 110 valence electrons. The first-order valence-electron chi connectivity index (χ1n) is 6.35. The summed E-state index contributed by atoms with van der Waals surface area (Å²) in [6, 6.07) is 5.25. The molecule has 6 nitrogen and oxygen atoms in total. The Morgan fingerprint density at radius 2 is 2.15 bits per heavy atom. The number of amidine groups is 1. The van der Waals surface area contributed by atoms with Crippen LogP contribution < -0.4 is 5.73 Å². The predicted octanol–water partition coefficient (Wildman–Crippen LogP) is 0.629. The summed E-state index contributed by atoms with van der Waals surface area (Å²) >= 11 is 0. The van der Waals surface area contributed by atoms with Crippen molar-refractivity contribution in [3.05, 3.63) is 29.3 Å². The molecule has 1 saturated heterocycles. The maximum atomic E-state index is 12.6. The second-order valence-electron chi connectivity index (χ2n) is 4.95. The number of rotatable bonds is 3. The van der Waals surface area contributed by atoms with Crippen molar-refractivity contribution in [1.29, 1.82) is 5.41 Å². The lowest BCUT2D eigenvalue weighted by Gasteiger charge is -2.31. The first-order valence-corrected chi connectivity index (χ1v) is 7.79. The fraction of sp³-hybridized carbons (Fsp3) is 0.462. The Labute approximate surface area is 119 Å². The van der Waals surface area contributed by atoms with Gasteiger partial charge in [-0.1, -0.05) is 17.7 Å². The van der Waals surface area contributed by atoms with Crippen LogP contribution in [0.1, 0.15) is 11.1 Å². The number of hydrogen-bond donors (Lipinski definition) is 2. The summed E-state index contributed by atoms with van der Waals surface area (Å²) in [4.78, 5) is 0.298. The van der Waals surface area contributed by atoms with E-state index in [1.54, 1.807) is 19.1 Å². The Morgan fingerprint density at radius 1 is 1.45 bits per heavy atom. The van der Waals surface area contributed by atoms with E-state index in [1.165, 1.54) is 4.31 Å². The summed E-state index contributed by atoms with van der Waals surface area (Å²) < 4.78 is 31.9. The molecule has 1 unspecified atom stereocenters. The molecule has 1 heterocycles. The first kappa shape index (κ1) is 15.0. The lowest BCUT2D eigenvalue weighted by molar-refractivity contribution is 0.0368. The van der Waals surface area contributed by atoms with Crippen LogP contribution in [0.25, 0.3) is 0 Å². The average molecular weight is 297 g/mol. The van der Waals surface area contributed by atoms with Gasteiger partial charge in [0, 0.05) is 13.1 Å². The molecule has 20 heavy (non-hydrogen) atoms. The van der Waals surface area contributed by atoms with Crippen LogP contribution in [0.2, 0.25) is 0 Å². The molecule has 0 radical (unpaired) electrons. The fourth-order valence-corrected chi connectivity index (χ4v) is 3.89. The first-order chi connectivity index (χ1) is 9.32. The van der Waals surface area contributed by atoms with Gasteiger partial charge >= 0.3 is 0 Å². The molecule has 0 amide bonds. The van der Waals surface area contributed by atoms with Crippen molar-refractivity contribution in [3.8, 4) is 0 Å². The SMILES string of the molecule is Cc1ccc(S(=O)(=O)N2CCOC(C(=N)N)C2)c(C)c1. The van der Waals surface area contributed by atoms with Gasteiger partial charge in [-0.3, -0.25) is 5.41 Å². The average Bonchev–Trinajstić information content (AvgIpc) is 2.38. The third kappa shape index (κ3) is 2.84. The Morgan fingerprint density at radius 3 is 2.75 bits per heavy atom. The molecule has 7 heteroatoms. The Bertz CT molecular complexity index is 628. The molecular formula is C13H19N3O3S. The van der Waals surface area contributed by atoms with Crippen LogP contribution >= 0.6 is 0 Å². The van der Waals surface area contributed by atoms with Crippen molar-refractivity contribution in [2.24, 2.45) is 5.73 Å². The van der Waals surface area contributed by atoms with Crippen molar-refractivity contribution in [1.82, 2.24) is 4.31 Å². The molecule has 1 atom stereocenters. The van der Waals surface area contributed by atoms with Crippen LogP contribution in [0.5, 0.6) is 0 Å². The quantitative estimate of drug-likeness (QED) is 0.631. The highest BCUT2D eigenvalue weighted by Gasteiger charge is 2.32. The second kappa shape index (κ2) is 5.51. The highest BCUT2D eigenvalue weighted by Crippen LogP contribution is 2.22. The van der Waals surface area contributed by atoms with E-state index in [4.69, 9.17) is 15.9 Å². The van der Waals surface area contributed by atoms with Gasteiger partial charge in [-0.25, -0.2) is 8.42 Å². The van der Waals surface area contributed by atoms with Gasteiger partial charge in [-0.15, -0.1) is 0 Å². The number of hydrogen-bond acceptors (Lipinski definition) is 4. The van der Waals surface area contributed by atoms with Gasteiger partial charge in [0.2, 0.25) is 10.0 Å². The van der Waals surface area contributed by atoms with E-state index in [1.807, 2.05) is 13.0 Å². The molecule has 0 spiro atoms. The number of sulfonamides is 1. The normalized spacial score (nSPS) is 20.8. The van der Waals surface area contributed by atoms with Crippen molar-refractivity contribution in [2.45, 2.75) is 24.8 Å². The number of benzene rings is 1. The Kier molecular flexibility index (Phi) is 4.12. The van der Waals surface area contributed by atoms with Gasteiger partial charge in [0.05, 0.1) is 11.5 Å². The van der Waals surface area contributed by atoms with Gasteiger partial charge in [0.1, 0.15) is 11.9 Å². The van der Waals surface area contributed by atoms with Crippen LogP contribution in [0.15, 0.2) is 23.1 Å². The highest BCUT2D eigenvalue weighted by molar-refractivity contribution is 7.89. The molecule has 1 aromatic rings. The molecule has 3 N–H and O–H groups in total. The van der Waals surface area contributed by atoms with Gasteiger partial charge in [-0.05, 0) is 25.5 Å².